The largest absolute Gasteiger partial charge is 0.332 e. The third kappa shape index (κ3) is 4.38. The maximum Gasteiger partial charge on any atom is 0.258 e. The van der Waals surface area contributed by atoms with Gasteiger partial charge in [-0.05, 0) is 37.3 Å². The molecule has 3 rings (SSSR count). The summed E-state index contributed by atoms with van der Waals surface area (Å²) in [5.74, 6) is 0.197. The number of fused-ring (bicyclic) bond motifs is 1. The molecule has 1 heterocycles. The number of hydrogen-bond acceptors (Lipinski definition) is 3. The van der Waals surface area contributed by atoms with Crippen molar-refractivity contribution in [2.45, 2.75) is 13.5 Å². The molecule has 27 heavy (non-hydrogen) atoms. The minimum Gasteiger partial charge on any atom is -0.332 e. The molecule has 138 valence electrons. The Morgan fingerprint density at radius 1 is 1.15 bits per heavy atom. The van der Waals surface area contributed by atoms with Crippen LogP contribution in [0.15, 0.2) is 53.3 Å². The summed E-state index contributed by atoms with van der Waals surface area (Å²) in [5.41, 5.74) is 0.957. The second kappa shape index (κ2) is 8.37. The lowest BCUT2D eigenvalue weighted by atomic mass is 10.2. The number of carbonyl (C=O) groups excluding carboxylic acids is 1. The molecule has 0 aliphatic heterocycles. The van der Waals surface area contributed by atoms with E-state index >= 15 is 0 Å². The lowest BCUT2D eigenvalue weighted by Crippen LogP contribution is -2.30. The van der Waals surface area contributed by atoms with E-state index in [1.807, 2.05) is 13.0 Å². The number of hydrogen-bond donors (Lipinski definition) is 1. The number of amides is 1. The van der Waals surface area contributed by atoms with E-state index in [-0.39, 0.29) is 18.0 Å². The summed E-state index contributed by atoms with van der Waals surface area (Å²) < 4.78 is 0. The normalized spacial score (nSPS) is 11.2. The monoisotopic (exact) mass is 401 g/mol. The van der Waals surface area contributed by atoms with Crippen LogP contribution >= 0.6 is 23.2 Å². The number of benzene rings is 2. The third-order valence-corrected chi connectivity index (χ3v) is 4.75. The molecule has 0 spiro atoms. The summed E-state index contributed by atoms with van der Waals surface area (Å²) in [7, 11) is 0. The number of likely N-dealkylation sites (N-methyl/N-ethyl adjacent to an activating group) is 1. The van der Waals surface area contributed by atoms with E-state index in [4.69, 9.17) is 23.2 Å². The molecular weight excluding hydrogens is 385 g/mol. The molecule has 2 aromatic carbocycles. The SMILES string of the molecule is CCN(Cc1nc2ccccc2c(=O)[nH]1)C(=O)C=Cc1c(Cl)cccc1Cl. The molecule has 3 aromatic rings. The smallest absolute Gasteiger partial charge is 0.258 e. The highest BCUT2D eigenvalue weighted by molar-refractivity contribution is 6.37. The molecule has 7 heteroatoms. The van der Waals surface area contributed by atoms with Gasteiger partial charge in [0.05, 0.1) is 17.4 Å². The van der Waals surface area contributed by atoms with E-state index in [2.05, 4.69) is 9.97 Å². The molecule has 1 N–H and O–H groups in total. The predicted molar refractivity (Wildman–Crippen MR) is 109 cm³/mol. The van der Waals surface area contributed by atoms with Gasteiger partial charge in [0.15, 0.2) is 0 Å². The van der Waals surface area contributed by atoms with Crippen LogP contribution in [0.1, 0.15) is 18.3 Å². The van der Waals surface area contributed by atoms with Crippen molar-refractivity contribution in [1.29, 1.82) is 0 Å². The summed E-state index contributed by atoms with van der Waals surface area (Å²) in [6.45, 7) is 2.50. The fourth-order valence-corrected chi connectivity index (χ4v) is 3.19. The number of nitrogens with zero attached hydrogens (tertiary/aromatic N) is 2. The van der Waals surface area contributed by atoms with Gasteiger partial charge in [-0.25, -0.2) is 4.98 Å². The van der Waals surface area contributed by atoms with Gasteiger partial charge in [0, 0.05) is 28.2 Å². The maximum atomic E-state index is 12.6. The van der Waals surface area contributed by atoms with Gasteiger partial charge in [0.1, 0.15) is 5.82 Å². The fourth-order valence-electron chi connectivity index (χ4n) is 2.67. The predicted octanol–water partition coefficient (Wildman–Crippen LogP) is 4.29. The van der Waals surface area contributed by atoms with Crippen LogP contribution in [0.2, 0.25) is 10.0 Å². The second-order valence-corrected chi connectivity index (χ2v) is 6.67. The Bertz CT molecular complexity index is 1060. The van der Waals surface area contributed by atoms with Gasteiger partial charge in [0.2, 0.25) is 5.91 Å². The van der Waals surface area contributed by atoms with Crippen LogP contribution in [-0.2, 0) is 11.3 Å². The van der Waals surface area contributed by atoms with Gasteiger partial charge < -0.3 is 9.88 Å². The summed E-state index contributed by atoms with van der Waals surface area (Å²) in [4.78, 5) is 33.5. The van der Waals surface area contributed by atoms with Crippen LogP contribution in [-0.4, -0.2) is 27.3 Å². The number of rotatable bonds is 5. The van der Waals surface area contributed by atoms with Crippen molar-refractivity contribution in [1.82, 2.24) is 14.9 Å². The Morgan fingerprint density at radius 3 is 2.56 bits per heavy atom. The van der Waals surface area contributed by atoms with E-state index in [0.29, 0.717) is 38.9 Å². The molecular formula is C20H17Cl2N3O2. The van der Waals surface area contributed by atoms with Crippen molar-refractivity contribution < 1.29 is 4.79 Å². The van der Waals surface area contributed by atoms with Crippen molar-refractivity contribution >= 4 is 46.1 Å². The molecule has 0 atom stereocenters. The van der Waals surface area contributed by atoms with E-state index in [1.54, 1.807) is 47.4 Å². The second-order valence-electron chi connectivity index (χ2n) is 5.85. The van der Waals surface area contributed by atoms with E-state index in [0.717, 1.165) is 0 Å². The van der Waals surface area contributed by atoms with E-state index in [1.165, 1.54) is 6.08 Å². The summed E-state index contributed by atoms with van der Waals surface area (Å²) >= 11 is 12.2. The van der Waals surface area contributed by atoms with Crippen molar-refractivity contribution in [3.8, 4) is 0 Å². The molecule has 0 unspecified atom stereocenters. The van der Waals surface area contributed by atoms with Crippen LogP contribution in [0.3, 0.4) is 0 Å². The standard InChI is InChI=1S/C20H17Cl2N3O2/c1-2-25(19(26)11-10-13-15(21)7-5-8-16(13)22)12-18-23-17-9-4-3-6-14(17)20(27)24-18/h3-11H,2,12H2,1H3,(H,23,24,27). The van der Waals surface area contributed by atoms with Gasteiger partial charge in [0.25, 0.3) is 5.56 Å². The molecule has 1 amide bonds. The Labute approximate surface area is 166 Å². The molecule has 0 fully saturated rings. The van der Waals surface area contributed by atoms with Crippen LogP contribution in [0.5, 0.6) is 0 Å². The molecule has 0 aliphatic carbocycles. The number of aromatic nitrogens is 2. The Morgan fingerprint density at radius 2 is 1.85 bits per heavy atom. The average molecular weight is 402 g/mol. The van der Waals surface area contributed by atoms with Gasteiger partial charge in [-0.3, -0.25) is 9.59 Å². The number of halogens is 2. The Balaban J connectivity index is 1.82. The van der Waals surface area contributed by atoms with Crippen molar-refractivity contribution in [2.24, 2.45) is 0 Å². The molecule has 1 aromatic heterocycles. The zero-order chi connectivity index (χ0) is 19.4. The quantitative estimate of drug-likeness (QED) is 0.648. The van der Waals surface area contributed by atoms with Crippen LogP contribution in [0, 0.1) is 0 Å². The third-order valence-electron chi connectivity index (χ3n) is 4.09. The molecule has 0 aliphatic rings. The zero-order valence-electron chi connectivity index (χ0n) is 14.6. The first-order chi connectivity index (χ1) is 13.0. The number of H-pyrrole nitrogens is 1. The Hall–Kier alpha value is -2.63. The van der Waals surface area contributed by atoms with Crippen molar-refractivity contribution in [3.05, 3.63) is 80.3 Å². The maximum absolute atomic E-state index is 12.6. The first kappa shape index (κ1) is 19.1. The molecule has 0 radical (unpaired) electrons. The summed E-state index contributed by atoms with van der Waals surface area (Å²) in [5, 5.41) is 1.45. The highest BCUT2D eigenvalue weighted by Crippen LogP contribution is 2.25. The minimum absolute atomic E-state index is 0.190. The van der Waals surface area contributed by atoms with Crippen LogP contribution < -0.4 is 5.56 Å². The first-order valence-corrected chi connectivity index (χ1v) is 9.14. The average Bonchev–Trinajstić information content (AvgIpc) is 2.65. The lowest BCUT2D eigenvalue weighted by molar-refractivity contribution is -0.126. The molecule has 0 saturated carbocycles. The Kier molecular flexibility index (Phi) is 5.94. The zero-order valence-corrected chi connectivity index (χ0v) is 16.1. The molecule has 0 saturated heterocycles. The highest BCUT2D eigenvalue weighted by Gasteiger charge is 2.12. The first-order valence-electron chi connectivity index (χ1n) is 8.38. The topological polar surface area (TPSA) is 66.1 Å². The highest BCUT2D eigenvalue weighted by atomic mass is 35.5. The van der Waals surface area contributed by atoms with Gasteiger partial charge in [-0.1, -0.05) is 41.4 Å². The van der Waals surface area contributed by atoms with Gasteiger partial charge in [-0.2, -0.15) is 0 Å². The van der Waals surface area contributed by atoms with E-state index in [9.17, 15) is 9.59 Å². The van der Waals surface area contributed by atoms with Crippen molar-refractivity contribution in [3.63, 3.8) is 0 Å². The fraction of sp³-hybridized carbons (Fsp3) is 0.150. The molecule has 0 bridgehead atoms. The van der Waals surface area contributed by atoms with Crippen LogP contribution in [0.4, 0.5) is 0 Å². The number of nitrogens with one attached hydrogen (secondary N) is 1. The van der Waals surface area contributed by atoms with Gasteiger partial charge in [-0.15, -0.1) is 0 Å². The van der Waals surface area contributed by atoms with E-state index < -0.39 is 0 Å². The minimum atomic E-state index is -0.232. The molecule has 5 nitrogen and oxygen atoms in total. The number of aromatic amines is 1. The summed E-state index contributed by atoms with van der Waals surface area (Å²) in [6.07, 6.45) is 3.00. The van der Waals surface area contributed by atoms with Crippen molar-refractivity contribution in [2.75, 3.05) is 6.54 Å². The summed E-state index contributed by atoms with van der Waals surface area (Å²) in [6, 6.07) is 12.2. The number of para-hydroxylation sites is 1. The lowest BCUT2D eigenvalue weighted by Gasteiger charge is -2.18. The van der Waals surface area contributed by atoms with Crippen LogP contribution in [0.25, 0.3) is 17.0 Å². The number of carbonyl (C=O) groups is 1. The van der Waals surface area contributed by atoms with Gasteiger partial charge >= 0.3 is 0 Å².